The molecule has 2 aliphatic heterocycles. The Kier molecular flexibility index (Phi) is 5.91. The van der Waals surface area contributed by atoms with Crippen LogP contribution >= 0.6 is 0 Å². The van der Waals surface area contributed by atoms with Crippen molar-refractivity contribution in [2.24, 2.45) is 0 Å². The smallest absolute Gasteiger partial charge is 0.334 e. The third kappa shape index (κ3) is 3.97. The van der Waals surface area contributed by atoms with E-state index in [1.807, 2.05) is 11.8 Å². The summed E-state index contributed by atoms with van der Waals surface area (Å²) in [4.78, 5) is 54.1. The quantitative estimate of drug-likeness (QED) is 0.536. The van der Waals surface area contributed by atoms with Crippen molar-refractivity contribution in [2.45, 2.75) is 19.8 Å². The summed E-state index contributed by atoms with van der Waals surface area (Å²) in [5.74, 6) is -2.49. The minimum atomic E-state index is -0.945. The third-order valence-corrected chi connectivity index (χ3v) is 4.99. The van der Waals surface area contributed by atoms with Gasteiger partial charge in [-0.25, -0.2) is 14.1 Å². The monoisotopic (exact) mass is 390 g/mol. The summed E-state index contributed by atoms with van der Waals surface area (Å²) in [6, 6.07) is 5.43. The normalized spacial score (nSPS) is 17.7. The van der Waals surface area contributed by atoms with Gasteiger partial charge in [0.05, 0.1) is 0 Å². The first-order valence-electron chi connectivity index (χ1n) is 9.38. The van der Waals surface area contributed by atoms with Crippen LogP contribution in [0.4, 0.5) is 14.9 Å². The van der Waals surface area contributed by atoms with E-state index in [1.54, 1.807) is 17.0 Å². The van der Waals surface area contributed by atoms with Gasteiger partial charge in [0.2, 0.25) is 5.91 Å². The Morgan fingerprint density at radius 2 is 1.57 bits per heavy atom. The molecule has 1 aromatic rings. The molecule has 0 aromatic heterocycles. The number of amides is 5. The number of imide groups is 2. The van der Waals surface area contributed by atoms with E-state index in [4.69, 9.17) is 0 Å². The number of halogens is 1. The second-order valence-electron chi connectivity index (χ2n) is 6.83. The van der Waals surface area contributed by atoms with Gasteiger partial charge in [0.25, 0.3) is 0 Å². The topological polar surface area (TPSA) is 81.2 Å². The number of hydrogen-bond acceptors (Lipinski definition) is 5. The minimum Gasteiger partial charge on any atom is -0.368 e. The van der Waals surface area contributed by atoms with E-state index in [-0.39, 0.29) is 18.3 Å². The predicted octanol–water partition coefficient (Wildman–Crippen LogP) is 1.07. The molecule has 0 spiro atoms. The Labute approximate surface area is 162 Å². The molecule has 2 heterocycles. The molecule has 9 heteroatoms. The molecule has 0 unspecified atom stereocenters. The van der Waals surface area contributed by atoms with E-state index < -0.39 is 24.4 Å². The van der Waals surface area contributed by atoms with Crippen molar-refractivity contribution in [1.29, 1.82) is 0 Å². The van der Waals surface area contributed by atoms with Crippen molar-refractivity contribution >= 4 is 29.4 Å². The Morgan fingerprint density at radius 1 is 0.964 bits per heavy atom. The molecule has 0 atom stereocenters. The van der Waals surface area contributed by atoms with E-state index in [1.165, 1.54) is 12.1 Å². The highest BCUT2D eigenvalue weighted by atomic mass is 19.1. The molecule has 2 fully saturated rings. The molecule has 5 amide bonds. The molecule has 8 nitrogen and oxygen atoms in total. The largest absolute Gasteiger partial charge is 0.368 e. The van der Waals surface area contributed by atoms with Gasteiger partial charge in [-0.05, 0) is 30.7 Å². The number of benzene rings is 1. The number of unbranched alkanes of at least 4 members (excludes halogenated alkanes) is 1. The maximum Gasteiger partial charge on any atom is 0.334 e. The summed E-state index contributed by atoms with van der Waals surface area (Å²) in [6.07, 6.45) is 1.39. The van der Waals surface area contributed by atoms with Crippen LogP contribution in [0.1, 0.15) is 19.8 Å². The summed E-state index contributed by atoms with van der Waals surface area (Å²) in [6.45, 7) is 3.62. The summed E-state index contributed by atoms with van der Waals surface area (Å²) < 4.78 is 13.0. The molecule has 0 aliphatic carbocycles. The van der Waals surface area contributed by atoms with Crippen LogP contribution < -0.4 is 4.90 Å². The lowest BCUT2D eigenvalue weighted by molar-refractivity contribution is -0.145. The van der Waals surface area contributed by atoms with Crippen molar-refractivity contribution < 1.29 is 23.6 Å². The molecule has 2 aliphatic rings. The summed E-state index contributed by atoms with van der Waals surface area (Å²) in [5.41, 5.74) is 0.871. The van der Waals surface area contributed by atoms with Crippen LogP contribution in [0.15, 0.2) is 24.3 Å². The maximum absolute atomic E-state index is 13.0. The molecule has 1 aromatic carbocycles. The van der Waals surface area contributed by atoms with E-state index >= 15 is 0 Å². The Hall–Kier alpha value is -2.97. The van der Waals surface area contributed by atoms with E-state index in [2.05, 4.69) is 0 Å². The lowest BCUT2D eigenvalue weighted by Crippen LogP contribution is -2.52. The Morgan fingerprint density at radius 3 is 2.18 bits per heavy atom. The Bertz CT molecular complexity index is 775. The van der Waals surface area contributed by atoms with E-state index in [9.17, 15) is 23.6 Å². The van der Waals surface area contributed by atoms with E-state index in [0.717, 1.165) is 21.9 Å². The standard InChI is InChI=1S/C19H23FN4O4/c1-2-3-8-23-17(26)18(27)24(19(23)28)13-16(25)22-11-9-21(10-12-22)15-6-4-14(20)5-7-15/h4-7H,2-3,8-13H2,1H3. The number of urea groups is 1. The highest BCUT2D eigenvalue weighted by Gasteiger charge is 2.45. The van der Waals surface area contributed by atoms with Crippen molar-refractivity contribution in [1.82, 2.24) is 14.7 Å². The number of carbonyl (C=O) groups is 4. The van der Waals surface area contributed by atoms with Gasteiger partial charge < -0.3 is 9.80 Å². The third-order valence-electron chi connectivity index (χ3n) is 4.99. The van der Waals surface area contributed by atoms with Gasteiger partial charge in [0.1, 0.15) is 12.4 Å². The molecule has 0 bridgehead atoms. The number of hydrogen-bond donors (Lipinski definition) is 0. The SMILES string of the molecule is CCCCN1C(=O)C(=O)N(CC(=O)N2CCN(c3ccc(F)cc3)CC2)C1=O. The van der Waals surface area contributed by atoms with Crippen molar-refractivity contribution in [3.63, 3.8) is 0 Å². The average molecular weight is 390 g/mol. The molecular formula is C19H23FN4O4. The van der Waals surface area contributed by atoms with Crippen LogP contribution in [0.5, 0.6) is 0 Å². The summed E-state index contributed by atoms with van der Waals surface area (Å²) >= 11 is 0. The first-order chi connectivity index (χ1) is 13.4. The number of rotatable bonds is 6. The highest BCUT2D eigenvalue weighted by molar-refractivity contribution is 6.45. The second kappa shape index (κ2) is 8.37. The molecule has 0 N–H and O–H groups in total. The fourth-order valence-electron chi connectivity index (χ4n) is 3.30. The van der Waals surface area contributed by atoms with E-state index in [0.29, 0.717) is 32.6 Å². The number of piperazine rings is 1. The molecule has 0 radical (unpaired) electrons. The minimum absolute atomic E-state index is 0.181. The summed E-state index contributed by atoms with van der Waals surface area (Å²) in [7, 11) is 0. The maximum atomic E-state index is 13.0. The van der Waals surface area contributed by atoms with Gasteiger partial charge in [-0.1, -0.05) is 13.3 Å². The lowest BCUT2D eigenvalue weighted by Gasteiger charge is -2.36. The van der Waals surface area contributed by atoms with Gasteiger partial charge in [-0.2, -0.15) is 0 Å². The van der Waals surface area contributed by atoms with Gasteiger partial charge in [0.15, 0.2) is 0 Å². The zero-order valence-electron chi connectivity index (χ0n) is 15.8. The molecule has 3 rings (SSSR count). The lowest BCUT2D eigenvalue weighted by atomic mass is 10.2. The van der Waals surface area contributed by atoms with Crippen LogP contribution in [0.2, 0.25) is 0 Å². The fourth-order valence-corrected chi connectivity index (χ4v) is 3.30. The van der Waals surface area contributed by atoms with Gasteiger partial charge in [-0.15, -0.1) is 0 Å². The van der Waals surface area contributed by atoms with Gasteiger partial charge in [-0.3, -0.25) is 19.3 Å². The number of nitrogens with zero attached hydrogens (tertiary/aromatic N) is 4. The van der Waals surface area contributed by atoms with Crippen LogP contribution in [0.25, 0.3) is 0 Å². The van der Waals surface area contributed by atoms with Crippen molar-refractivity contribution in [3.8, 4) is 0 Å². The molecule has 150 valence electrons. The molecule has 28 heavy (non-hydrogen) atoms. The van der Waals surface area contributed by atoms with Crippen molar-refractivity contribution in [3.05, 3.63) is 30.1 Å². The molecular weight excluding hydrogens is 367 g/mol. The Balaban J connectivity index is 1.55. The zero-order valence-corrected chi connectivity index (χ0v) is 15.8. The number of carbonyl (C=O) groups excluding carboxylic acids is 4. The van der Waals surface area contributed by atoms with Crippen LogP contribution in [-0.4, -0.2) is 77.7 Å². The first-order valence-corrected chi connectivity index (χ1v) is 9.38. The number of anilines is 1. The van der Waals surface area contributed by atoms with Gasteiger partial charge >= 0.3 is 17.8 Å². The van der Waals surface area contributed by atoms with Gasteiger partial charge in [0, 0.05) is 38.4 Å². The summed E-state index contributed by atoms with van der Waals surface area (Å²) in [5, 5.41) is 0. The molecule has 2 saturated heterocycles. The van der Waals surface area contributed by atoms with Crippen LogP contribution in [-0.2, 0) is 14.4 Å². The second-order valence-corrected chi connectivity index (χ2v) is 6.83. The first kappa shape index (κ1) is 19.8. The zero-order chi connectivity index (χ0) is 20.3. The van der Waals surface area contributed by atoms with Crippen LogP contribution in [0, 0.1) is 5.82 Å². The average Bonchev–Trinajstić information content (AvgIpc) is 2.90. The fraction of sp³-hybridized carbons (Fsp3) is 0.474. The van der Waals surface area contributed by atoms with Crippen molar-refractivity contribution in [2.75, 3.05) is 44.2 Å². The van der Waals surface area contributed by atoms with Crippen LogP contribution in [0.3, 0.4) is 0 Å². The predicted molar refractivity (Wildman–Crippen MR) is 98.9 cm³/mol. The molecule has 0 saturated carbocycles. The highest BCUT2D eigenvalue weighted by Crippen LogP contribution is 2.18.